The molecule has 0 radical (unpaired) electrons. The van der Waals surface area contributed by atoms with Gasteiger partial charge in [0.25, 0.3) is 0 Å². The number of fused-ring (bicyclic) bond motifs is 7. The quantitative estimate of drug-likeness (QED) is 0.184. The Labute approximate surface area is 297 Å². The van der Waals surface area contributed by atoms with Gasteiger partial charge in [0.1, 0.15) is 11.2 Å². The summed E-state index contributed by atoms with van der Waals surface area (Å²) in [4.78, 5) is 2.41. The molecule has 0 saturated heterocycles. The van der Waals surface area contributed by atoms with Gasteiger partial charge in [-0.2, -0.15) is 0 Å². The summed E-state index contributed by atoms with van der Waals surface area (Å²) in [6, 6.07) is 63.6. The monoisotopic (exact) mass is 653 g/mol. The van der Waals surface area contributed by atoms with Crippen LogP contribution in [-0.4, -0.2) is 0 Å². The van der Waals surface area contributed by atoms with Gasteiger partial charge in [-0.3, -0.25) is 0 Å². The van der Waals surface area contributed by atoms with Crippen LogP contribution in [0.4, 0.5) is 17.1 Å². The van der Waals surface area contributed by atoms with E-state index in [4.69, 9.17) is 4.42 Å². The summed E-state index contributed by atoms with van der Waals surface area (Å²) in [5.41, 5.74) is 15.2. The van der Waals surface area contributed by atoms with Gasteiger partial charge in [0.05, 0.1) is 11.1 Å². The first-order valence-corrected chi connectivity index (χ1v) is 17.7. The third-order valence-corrected chi connectivity index (χ3v) is 10.9. The minimum Gasteiger partial charge on any atom is -0.456 e. The molecule has 0 fully saturated rings. The van der Waals surface area contributed by atoms with Crippen molar-refractivity contribution in [3.8, 4) is 33.4 Å². The first-order valence-electron chi connectivity index (χ1n) is 17.7. The van der Waals surface area contributed by atoms with E-state index in [1.807, 2.05) is 6.07 Å². The largest absolute Gasteiger partial charge is 0.456 e. The Hall–Kier alpha value is -6.38. The van der Waals surface area contributed by atoms with Gasteiger partial charge >= 0.3 is 0 Å². The van der Waals surface area contributed by atoms with E-state index in [1.54, 1.807) is 0 Å². The van der Waals surface area contributed by atoms with Crippen molar-refractivity contribution in [3.63, 3.8) is 0 Å². The summed E-state index contributed by atoms with van der Waals surface area (Å²) < 4.78 is 6.42. The first kappa shape index (κ1) is 29.5. The third kappa shape index (κ3) is 4.57. The molecule has 0 spiro atoms. The van der Waals surface area contributed by atoms with E-state index < -0.39 is 0 Å². The van der Waals surface area contributed by atoms with E-state index in [1.165, 1.54) is 55.3 Å². The first-order chi connectivity index (χ1) is 25.1. The van der Waals surface area contributed by atoms with Gasteiger partial charge < -0.3 is 9.32 Å². The molecule has 1 aliphatic carbocycles. The molecule has 0 aliphatic heterocycles. The van der Waals surface area contributed by atoms with E-state index >= 15 is 0 Å². The molecule has 0 unspecified atom stereocenters. The Balaban J connectivity index is 1.20. The molecule has 0 saturated carbocycles. The highest BCUT2D eigenvalue weighted by Crippen LogP contribution is 2.54. The van der Waals surface area contributed by atoms with Crippen molar-refractivity contribution in [1.82, 2.24) is 0 Å². The molecule has 10 rings (SSSR count). The fraction of sp³-hybridized carbons (Fsp3) is 0.0612. The second kappa shape index (κ2) is 11.3. The number of para-hydroxylation sites is 1. The maximum absolute atomic E-state index is 6.42. The van der Waals surface area contributed by atoms with E-state index in [0.717, 1.165) is 39.0 Å². The summed E-state index contributed by atoms with van der Waals surface area (Å²) in [6.45, 7) is 4.71. The van der Waals surface area contributed by atoms with Crippen molar-refractivity contribution >= 4 is 49.8 Å². The summed E-state index contributed by atoms with van der Waals surface area (Å²) >= 11 is 0. The van der Waals surface area contributed by atoms with Gasteiger partial charge in [0.2, 0.25) is 0 Å². The van der Waals surface area contributed by atoms with Crippen LogP contribution >= 0.6 is 0 Å². The van der Waals surface area contributed by atoms with Crippen LogP contribution in [0.15, 0.2) is 180 Å². The topological polar surface area (TPSA) is 16.4 Å². The molecule has 2 nitrogen and oxygen atoms in total. The van der Waals surface area contributed by atoms with Crippen LogP contribution in [0.1, 0.15) is 25.0 Å². The molecule has 0 N–H and O–H groups in total. The van der Waals surface area contributed by atoms with E-state index in [-0.39, 0.29) is 5.41 Å². The zero-order chi connectivity index (χ0) is 34.1. The summed E-state index contributed by atoms with van der Waals surface area (Å²) in [5.74, 6) is 0. The fourth-order valence-electron chi connectivity index (χ4n) is 8.43. The molecule has 8 aromatic carbocycles. The molecule has 1 heterocycles. The molecule has 0 atom stereocenters. The zero-order valence-corrected chi connectivity index (χ0v) is 28.6. The van der Waals surface area contributed by atoms with Crippen molar-refractivity contribution in [2.75, 3.05) is 4.90 Å². The number of hydrogen-bond acceptors (Lipinski definition) is 2. The van der Waals surface area contributed by atoms with Crippen LogP contribution < -0.4 is 4.90 Å². The van der Waals surface area contributed by atoms with Crippen LogP contribution in [0, 0.1) is 0 Å². The molecular weight excluding hydrogens is 619 g/mol. The molecule has 51 heavy (non-hydrogen) atoms. The minimum absolute atomic E-state index is 0.125. The third-order valence-electron chi connectivity index (χ3n) is 10.9. The van der Waals surface area contributed by atoms with E-state index in [2.05, 4.69) is 189 Å². The highest BCUT2D eigenvalue weighted by molar-refractivity contribution is 6.13. The van der Waals surface area contributed by atoms with Crippen molar-refractivity contribution in [3.05, 3.63) is 187 Å². The number of hydrogen-bond donors (Lipinski definition) is 0. The van der Waals surface area contributed by atoms with Crippen molar-refractivity contribution in [2.45, 2.75) is 19.3 Å². The molecule has 242 valence electrons. The Morgan fingerprint density at radius 2 is 1.10 bits per heavy atom. The number of benzene rings is 8. The lowest BCUT2D eigenvalue weighted by atomic mass is 9.82. The standard InChI is InChI=1S/C49H35NO/c1-49(2)42-30-29-36(31-41(42)47-39(20-11-21-43(47)49)33-13-4-3-5-14-33)50(44-22-12-24-46-48(44)40-18-8-9-23-45(40)51-46)35-27-25-34(26-28-35)38-19-10-16-32-15-6-7-17-37(32)38/h3-31H,1-2H3. The molecule has 9 aromatic rings. The SMILES string of the molecule is CC1(C)c2ccc(N(c3ccc(-c4cccc5ccccc45)cc3)c3cccc4oc5ccccc5c34)cc2-c2c(-c3ccccc3)cccc21. The second-order valence-electron chi connectivity index (χ2n) is 14.1. The van der Waals surface area contributed by atoms with Gasteiger partial charge in [0.15, 0.2) is 0 Å². The summed E-state index contributed by atoms with van der Waals surface area (Å²) in [6.07, 6.45) is 0. The van der Waals surface area contributed by atoms with Crippen molar-refractivity contribution in [2.24, 2.45) is 0 Å². The van der Waals surface area contributed by atoms with E-state index in [0.29, 0.717) is 0 Å². The normalized spacial score (nSPS) is 13.1. The summed E-state index contributed by atoms with van der Waals surface area (Å²) in [7, 11) is 0. The van der Waals surface area contributed by atoms with Crippen LogP contribution in [-0.2, 0) is 5.41 Å². The Bertz CT molecular complexity index is 2770. The second-order valence-corrected chi connectivity index (χ2v) is 14.1. The lowest BCUT2D eigenvalue weighted by molar-refractivity contribution is 0.660. The summed E-state index contributed by atoms with van der Waals surface area (Å²) in [5, 5.41) is 4.72. The maximum atomic E-state index is 6.42. The number of rotatable bonds is 5. The van der Waals surface area contributed by atoms with Crippen LogP contribution in [0.25, 0.3) is 66.1 Å². The number of anilines is 3. The van der Waals surface area contributed by atoms with Crippen LogP contribution in [0.5, 0.6) is 0 Å². The lowest BCUT2D eigenvalue weighted by Gasteiger charge is -2.28. The highest BCUT2D eigenvalue weighted by Gasteiger charge is 2.37. The average molecular weight is 654 g/mol. The van der Waals surface area contributed by atoms with Gasteiger partial charge in [-0.05, 0) is 97.7 Å². The molecule has 0 amide bonds. The molecular formula is C49H35NO. The lowest BCUT2D eigenvalue weighted by Crippen LogP contribution is -2.15. The van der Waals surface area contributed by atoms with Crippen molar-refractivity contribution < 1.29 is 4.42 Å². The fourth-order valence-corrected chi connectivity index (χ4v) is 8.43. The highest BCUT2D eigenvalue weighted by atomic mass is 16.3. The Kier molecular flexibility index (Phi) is 6.56. The number of nitrogens with zero attached hydrogens (tertiary/aromatic N) is 1. The Morgan fingerprint density at radius 1 is 0.451 bits per heavy atom. The van der Waals surface area contributed by atoms with Crippen LogP contribution in [0.2, 0.25) is 0 Å². The van der Waals surface area contributed by atoms with Crippen molar-refractivity contribution in [1.29, 1.82) is 0 Å². The minimum atomic E-state index is -0.125. The van der Waals surface area contributed by atoms with E-state index in [9.17, 15) is 0 Å². The number of furan rings is 1. The predicted molar refractivity (Wildman–Crippen MR) is 214 cm³/mol. The van der Waals surface area contributed by atoms with Gasteiger partial charge in [-0.15, -0.1) is 0 Å². The Morgan fingerprint density at radius 3 is 1.96 bits per heavy atom. The molecule has 1 aromatic heterocycles. The van der Waals surface area contributed by atoms with Gasteiger partial charge in [-0.1, -0.05) is 147 Å². The maximum Gasteiger partial charge on any atom is 0.137 e. The predicted octanol–water partition coefficient (Wildman–Crippen LogP) is 13.8. The smallest absolute Gasteiger partial charge is 0.137 e. The van der Waals surface area contributed by atoms with Gasteiger partial charge in [-0.25, -0.2) is 0 Å². The molecule has 0 bridgehead atoms. The average Bonchev–Trinajstić information content (AvgIpc) is 3.68. The molecule has 1 aliphatic rings. The van der Waals surface area contributed by atoms with Crippen LogP contribution in [0.3, 0.4) is 0 Å². The van der Waals surface area contributed by atoms with Gasteiger partial charge in [0, 0.05) is 22.2 Å². The molecule has 2 heteroatoms. The zero-order valence-electron chi connectivity index (χ0n) is 28.6.